The van der Waals surface area contributed by atoms with Gasteiger partial charge in [0.05, 0.1) is 5.92 Å². The van der Waals surface area contributed by atoms with Gasteiger partial charge in [-0.15, -0.1) is 0 Å². The van der Waals surface area contributed by atoms with Gasteiger partial charge in [-0.1, -0.05) is 0 Å². The summed E-state index contributed by atoms with van der Waals surface area (Å²) in [4.78, 5) is 8.20. The lowest BCUT2D eigenvalue weighted by Gasteiger charge is -2.35. The van der Waals surface area contributed by atoms with Crippen LogP contribution in [-0.2, 0) is 6.18 Å². The van der Waals surface area contributed by atoms with E-state index in [1.807, 2.05) is 0 Å². The van der Waals surface area contributed by atoms with E-state index in [1.165, 1.54) is 4.90 Å². The summed E-state index contributed by atoms with van der Waals surface area (Å²) < 4.78 is 78.5. The fourth-order valence-corrected chi connectivity index (χ4v) is 2.62. The van der Waals surface area contributed by atoms with Crippen LogP contribution in [-0.4, -0.2) is 38.8 Å². The molecule has 1 aliphatic heterocycles. The molecular weight excluding hydrogens is 328 g/mol. The summed E-state index contributed by atoms with van der Waals surface area (Å²) in [6, 6.07) is 0.709. The molecule has 5 nitrogen and oxygen atoms in total. The van der Waals surface area contributed by atoms with Crippen LogP contribution in [0.15, 0.2) is 12.4 Å². The van der Waals surface area contributed by atoms with Crippen LogP contribution in [0.3, 0.4) is 0 Å². The third-order valence-electron chi connectivity index (χ3n) is 3.73. The molecule has 0 spiro atoms. The predicted molar refractivity (Wildman–Crippen MR) is 66.8 cm³/mol. The van der Waals surface area contributed by atoms with Gasteiger partial charge in [0, 0.05) is 19.2 Å². The maximum Gasteiger partial charge on any atom is 0.433 e. The van der Waals surface area contributed by atoms with Crippen LogP contribution in [0.2, 0.25) is 0 Å². The number of alkyl halides is 6. The van der Waals surface area contributed by atoms with Crippen LogP contribution in [0, 0.1) is 5.92 Å². The number of hydrogen-bond donors (Lipinski definition) is 0. The SMILES string of the molecule is FC(F)(F)c1cc(N2CCC[C@H](C(F)(F)F)C2)n2ncnc2n1. The van der Waals surface area contributed by atoms with Crippen LogP contribution in [0.25, 0.3) is 5.78 Å². The lowest BCUT2D eigenvalue weighted by Crippen LogP contribution is -2.42. The van der Waals surface area contributed by atoms with Gasteiger partial charge in [-0.25, -0.2) is 4.98 Å². The van der Waals surface area contributed by atoms with Crippen molar-refractivity contribution >= 4 is 11.6 Å². The van der Waals surface area contributed by atoms with Crippen molar-refractivity contribution in [3.05, 3.63) is 18.1 Å². The minimum absolute atomic E-state index is 0.0439. The highest BCUT2D eigenvalue weighted by molar-refractivity contribution is 5.48. The summed E-state index contributed by atoms with van der Waals surface area (Å²) in [5.41, 5.74) is -1.21. The van der Waals surface area contributed by atoms with Gasteiger partial charge in [0.15, 0.2) is 5.69 Å². The predicted octanol–water partition coefficient (Wildman–Crippen LogP) is 2.92. The average molecular weight is 339 g/mol. The molecule has 3 heterocycles. The van der Waals surface area contributed by atoms with Crippen molar-refractivity contribution in [2.75, 3.05) is 18.0 Å². The minimum atomic E-state index is -4.72. The first-order valence-electron chi connectivity index (χ1n) is 6.76. The lowest BCUT2D eigenvalue weighted by molar-refractivity contribution is -0.176. The number of piperidine rings is 1. The first-order chi connectivity index (χ1) is 10.7. The summed E-state index contributed by atoms with van der Waals surface area (Å²) in [5, 5.41) is 3.76. The van der Waals surface area contributed by atoms with Crippen molar-refractivity contribution in [1.82, 2.24) is 19.6 Å². The minimum Gasteiger partial charge on any atom is -0.356 e. The summed E-state index contributed by atoms with van der Waals surface area (Å²) in [6.45, 7) is -0.206. The molecule has 1 atom stereocenters. The molecule has 0 N–H and O–H groups in total. The van der Waals surface area contributed by atoms with E-state index in [9.17, 15) is 26.3 Å². The molecule has 0 unspecified atom stereocenters. The highest BCUT2D eigenvalue weighted by atomic mass is 19.4. The molecule has 0 radical (unpaired) electrons. The van der Waals surface area contributed by atoms with E-state index in [0.717, 1.165) is 10.8 Å². The molecule has 0 saturated carbocycles. The summed E-state index contributed by atoms with van der Waals surface area (Å²) in [5.74, 6) is -1.98. The van der Waals surface area contributed by atoms with Crippen molar-refractivity contribution in [3.63, 3.8) is 0 Å². The van der Waals surface area contributed by atoms with Crippen molar-refractivity contribution < 1.29 is 26.3 Å². The molecule has 1 aliphatic rings. The Hall–Kier alpha value is -2.07. The van der Waals surface area contributed by atoms with E-state index in [-0.39, 0.29) is 31.0 Å². The van der Waals surface area contributed by atoms with E-state index in [2.05, 4.69) is 15.1 Å². The van der Waals surface area contributed by atoms with Gasteiger partial charge in [0.2, 0.25) is 0 Å². The lowest BCUT2D eigenvalue weighted by atomic mass is 9.97. The van der Waals surface area contributed by atoms with Crippen LogP contribution in [0.4, 0.5) is 32.2 Å². The molecule has 2 aromatic heterocycles. The number of anilines is 1. The Morgan fingerprint density at radius 2 is 1.87 bits per heavy atom. The van der Waals surface area contributed by atoms with Gasteiger partial charge < -0.3 is 4.90 Å². The molecule has 0 aromatic carbocycles. The van der Waals surface area contributed by atoms with Crippen LogP contribution >= 0.6 is 0 Å². The van der Waals surface area contributed by atoms with Crippen molar-refractivity contribution in [3.8, 4) is 0 Å². The maximum absolute atomic E-state index is 12.9. The second-order valence-electron chi connectivity index (χ2n) is 5.30. The average Bonchev–Trinajstić information content (AvgIpc) is 2.93. The van der Waals surface area contributed by atoms with E-state index >= 15 is 0 Å². The molecule has 3 rings (SSSR count). The molecular formula is C12H11F6N5. The van der Waals surface area contributed by atoms with E-state index in [1.54, 1.807) is 0 Å². The van der Waals surface area contributed by atoms with Gasteiger partial charge >= 0.3 is 12.4 Å². The number of aromatic nitrogens is 4. The van der Waals surface area contributed by atoms with Crippen molar-refractivity contribution in [2.24, 2.45) is 5.92 Å². The fourth-order valence-electron chi connectivity index (χ4n) is 2.62. The zero-order chi connectivity index (χ0) is 16.8. The Balaban J connectivity index is 2.03. The van der Waals surface area contributed by atoms with Gasteiger partial charge in [-0.2, -0.15) is 40.9 Å². The standard InChI is InChI=1S/C12H11F6N5/c13-11(14,15)7-2-1-3-22(5-7)9-4-8(12(16,17)18)21-10-19-6-20-23(9)10/h4,6-7H,1-3,5H2/t7-/m0/s1. The molecule has 11 heteroatoms. The molecule has 0 bridgehead atoms. The van der Waals surface area contributed by atoms with E-state index < -0.39 is 30.5 Å². The third kappa shape index (κ3) is 3.04. The van der Waals surface area contributed by atoms with E-state index in [4.69, 9.17) is 0 Å². The third-order valence-corrected chi connectivity index (χ3v) is 3.73. The number of fused-ring (bicyclic) bond motifs is 1. The number of rotatable bonds is 1. The Bertz CT molecular complexity index is 706. The van der Waals surface area contributed by atoms with Gasteiger partial charge in [-0.3, -0.25) is 0 Å². The monoisotopic (exact) mass is 339 g/mol. The number of nitrogens with zero attached hydrogens (tertiary/aromatic N) is 5. The first-order valence-corrected chi connectivity index (χ1v) is 6.76. The highest BCUT2D eigenvalue weighted by Gasteiger charge is 2.42. The summed E-state index contributed by atoms with van der Waals surface area (Å²) in [7, 11) is 0. The number of hydrogen-bond acceptors (Lipinski definition) is 4. The smallest absolute Gasteiger partial charge is 0.356 e. The van der Waals surface area contributed by atoms with Crippen molar-refractivity contribution in [2.45, 2.75) is 25.2 Å². The highest BCUT2D eigenvalue weighted by Crippen LogP contribution is 2.36. The van der Waals surface area contributed by atoms with Crippen LogP contribution < -0.4 is 4.90 Å². The second-order valence-corrected chi connectivity index (χ2v) is 5.30. The number of halogens is 6. The molecule has 23 heavy (non-hydrogen) atoms. The quantitative estimate of drug-likeness (QED) is 0.750. The zero-order valence-electron chi connectivity index (χ0n) is 11.6. The zero-order valence-corrected chi connectivity index (χ0v) is 11.6. The van der Waals surface area contributed by atoms with Crippen LogP contribution in [0.5, 0.6) is 0 Å². The van der Waals surface area contributed by atoms with E-state index in [0.29, 0.717) is 6.07 Å². The molecule has 0 aliphatic carbocycles. The normalized spacial score (nSPS) is 20.3. The Morgan fingerprint density at radius 1 is 1.13 bits per heavy atom. The first kappa shape index (κ1) is 15.8. The molecule has 1 saturated heterocycles. The topological polar surface area (TPSA) is 46.3 Å². The largest absolute Gasteiger partial charge is 0.433 e. The second kappa shape index (κ2) is 5.24. The summed E-state index contributed by atoms with van der Waals surface area (Å²) >= 11 is 0. The Kier molecular flexibility index (Phi) is 3.60. The van der Waals surface area contributed by atoms with Gasteiger partial charge in [0.25, 0.3) is 5.78 Å². The molecule has 0 amide bonds. The molecule has 126 valence electrons. The van der Waals surface area contributed by atoms with Crippen molar-refractivity contribution in [1.29, 1.82) is 0 Å². The Labute approximate surface area is 125 Å². The van der Waals surface area contributed by atoms with Gasteiger partial charge in [-0.05, 0) is 12.8 Å². The molecule has 2 aromatic rings. The fraction of sp³-hybridized carbons (Fsp3) is 0.583. The summed E-state index contributed by atoms with van der Waals surface area (Å²) in [6.07, 6.45) is -7.92. The van der Waals surface area contributed by atoms with Crippen LogP contribution in [0.1, 0.15) is 18.5 Å². The maximum atomic E-state index is 12.9. The Morgan fingerprint density at radius 3 is 2.52 bits per heavy atom. The molecule has 1 fully saturated rings. The van der Waals surface area contributed by atoms with Gasteiger partial charge in [0.1, 0.15) is 12.1 Å².